The number of piperidine rings is 1. The van der Waals surface area contributed by atoms with Gasteiger partial charge in [0.25, 0.3) is 0 Å². The van der Waals surface area contributed by atoms with Gasteiger partial charge in [-0.2, -0.15) is 0 Å². The van der Waals surface area contributed by atoms with Crippen LogP contribution in [0.1, 0.15) is 24.0 Å². The van der Waals surface area contributed by atoms with E-state index < -0.39 is 0 Å². The first kappa shape index (κ1) is 14.5. The van der Waals surface area contributed by atoms with E-state index in [0.29, 0.717) is 12.6 Å². The van der Waals surface area contributed by atoms with Crippen LogP contribution in [-0.2, 0) is 4.79 Å². The molecule has 0 aromatic heterocycles. The van der Waals surface area contributed by atoms with E-state index in [1.165, 1.54) is 11.1 Å². The highest BCUT2D eigenvalue weighted by molar-refractivity contribution is 5.95. The molecule has 2 heterocycles. The summed E-state index contributed by atoms with van der Waals surface area (Å²) in [4.78, 5) is 16.9. The van der Waals surface area contributed by atoms with Crippen molar-refractivity contribution in [1.29, 1.82) is 0 Å². The molecule has 2 aliphatic heterocycles. The average molecular weight is 287 g/mol. The molecule has 0 radical (unpaired) electrons. The molecule has 4 nitrogen and oxygen atoms in total. The zero-order valence-electron chi connectivity index (χ0n) is 13.1. The van der Waals surface area contributed by atoms with Crippen LogP contribution < -0.4 is 10.2 Å². The Labute approximate surface area is 127 Å². The molecular weight excluding hydrogens is 262 g/mol. The third kappa shape index (κ3) is 3.27. The molecule has 0 saturated carbocycles. The molecule has 2 fully saturated rings. The van der Waals surface area contributed by atoms with Gasteiger partial charge in [0.05, 0.1) is 6.54 Å². The van der Waals surface area contributed by atoms with Gasteiger partial charge in [-0.25, -0.2) is 0 Å². The van der Waals surface area contributed by atoms with E-state index in [4.69, 9.17) is 0 Å². The van der Waals surface area contributed by atoms with E-state index in [-0.39, 0.29) is 5.91 Å². The lowest BCUT2D eigenvalue weighted by Crippen LogP contribution is -2.55. The molecule has 21 heavy (non-hydrogen) atoms. The van der Waals surface area contributed by atoms with E-state index in [2.05, 4.69) is 42.3 Å². The highest BCUT2D eigenvalue weighted by atomic mass is 16.2. The smallest absolute Gasteiger partial charge is 0.241 e. The zero-order chi connectivity index (χ0) is 14.8. The predicted octanol–water partition coefficient (Wildman–Crippen LogP) is 1.70. The number of aryl methyl sites for hydroxylation is 2. The Kier molecular flexibility index (Phi) is 4.27. The minimum atomic E-state index is 0.241. The van der Waals surface area contributed by atoms with Crippen molar-refractivity contribution in [2.45, 2.75) is 32.7 Å². The van der Waals surface area contributed by atoms with Crippen LogP contribution in [0.3, 0.4) is 0 Å². The number of benzene rings is 1. The van der Waals surface area contributed by atoms with Gasteiger partial charge in [0.15, 0.2) is 0 Å². The summed E-state index contributed by atoms with van der Waals surface area (Å²) in [7, 11) is 0. The number of rotatable bonds is 2. The summed E-state index contributed by atoms with van der Waals surface area (Å²) in [6, 6.07) is 6.96. The summed E-state index contributed by atoms with van der Waals surface area (Å²) < 4.78 is 0. The van der Waals surface area contributed by atoms with Crippen molar-refractivity contribution in [2.75, 3.05) is 37.6 Å². The van der Waals surface area contributed by atoms with E-state index in [0.717, 1.165) is 44.7 Å². The average Bonchev–Trinajstić information content (AvgIpc) is 2.47. The molecule has 1 amide bonds. The SMILES string of the molecule is Cc1cc(C)cc(N2CCN(C3CCNCC3)CC2=O)c1. The van der Waals surface area contributed by atoms with Crippen LogP contribution in [0.4, 0.5) is 5.69 Å². The molecule has 0 spiro atoms. The Morgan fingerprint density at radius 2 is 1.71 bits per heavy atom. The van der Waals surface area contributed by atoms with Crippen molar-refractivity contribution in [1.82, 2.24) is 10.2 Å². The number of nitrogens with zero attached hydrogens (tertiary/aromatic N) is 2. The van der Waals surface area contributed by atoms with Crippen LogP contribution in [0.25, 0.3) is 0 Å². The number of hydrogen-bond acceptors (Lipinski definition) is 3. The number of anilines is 1. The van der Waals surface area contributed by atoms with Crippen molar-refractivity contribution in [3.63, 3.8) is 0 Å². The summed E-state index contributed by atoms with van der Waals surface area (Å²) in [6.45, 7) is 8.71. The number of piperazine rings is 1. The van der Waals surface area contributed by atoms with E-state index in [1.807, 2.05) is 4.90 Å². The van der Waals surface area contributed by atoms with Crippen molar-refractivity contribution in [3.05, 3.63) is 29.3 Å². The molecule has 1 aromatic carbocycles. The van der Waals surface area contributed by atoms with Crippen molar-refractivity contribution in [2.24, 2.45) is 0 Å². The number of carbonyl (C=O) groups is 1. The van der Waals surface area contributed by atoms with E-state index in [1.54, 1.807) is 0 Å². The maximum atomic E-state index is 12.5. The third-order valence-electron chi connectivity index (χ3n) is 4.59. The van der Waals surface area contributed by atoms with Crippen LogP contribution in [0.5, 0.6) is 0 Å². The third-order valence-corrected chi connectivity index (χ3v) is 4.59. The quantitative estimate of drug-likeness (QED) is 0.899. The molecule has 0 atom stereocenters. The number of carbonyl (C=O) groups excluding carboxylic acids is 1. The molecule has 0 bridgehead atoms. The first-order valence-electron chi connectivity index (χ1n) is 7.97. The molecule has 1 aromatic rings. The van der Waals surface area contributed by atoms with Crippen LogP contribution in [0.15, 0.2) is 18.2 Å². The Morgan fingerprint density at radius 1 is 1.05 bits per heavy atom. The zero-order valence-corrected chi connectivity index (χ0v) is 13.1. The Bertz CT molecular complexity index is 503. The van der Waals surface area contributed by atoms with Crippen LogP contribution in [0, 0.1) is 13.8 Å². The van der Waals surface area contributed by atoms with Crippen LogP contribution in [-0.4, -0.2) is 49.6 Å². The monoisotopic (exact) mass is 287 g/mol. The van der Waals surface area contributed by atoms with Gasteiger partial charge in [0, 0.05) is 24.8 Å². The largest absolute Gasteiger partial charge is 0.317 e. The number of amides is 1. The Morgan fingerprint density at radius 3 is 2.33 bits per heavy atom. The van der Waals surface area contributed by atoms with Crippen LogP contribution in [0.2, 0.25) is 0 Å². The second kappa shape index (κ2) is 6.16. The van der Waals surface area contributed by atoms with Crippen LogP contribution >= 0.6 is 0 Å². The fourth-order valence-electron chi connectivity index (χ4n) is 3.55. The molecule has 114 valence electrons. The first-order chi connectivity index (χ1) is 10.1. The second-order valence-corrected chi connectivity index (χ2v) is 6.34. The maximum Gasteiger partial charge on any atom is 0.241 e. The second-order valence-electron chi connectivity index (χ2n) is 6.34. The molecule has 3 rings (SSSR count). The van der Waals surface area contributed by atoms with Gasteiger partial charge >= 0.3 is 0 Å². The minimum Gasteiger partial charge on any atom is -0.317 e. The molecule has 2 aliphatic rings. The van der Waals surface area contributed by atoms with Gasteiger partial charge in [-0.3, -0.25) is 9.69 Å². The highest BCUT2D eigenvalue weighted by Crippen LogP contribution is 2.22. The fourth-order valence-corrected chi connectivity index (χ4v) is 3.55. The lowest BCUT2D eigenvalue weighted by Gasteiger charge is -2.40. The predicted molar refractivity (Wildman–Crippen MR) is 85.7 cm³/mol. The number of nitrogens with one attached hydrogen (secondary N) is 1. The molecule has 0 aliphatic carbocycles. The number of hydrogen-bond donors (Lipinski definition) is 1. The first-order valence-corrected chi connectivity index (χ1v) is 7.97. The maximum absolute atomic E-state index is 12.5. The van der Waals surface area contributed by atoms with E-state index in [9.17, 15) is 4.79 Å². The minimum absolute atomic E-state index is 0.241. The fraction of sp³-hybridized carbons (Fsp3) is 0.588. The lowest BCUT2D eigenvalue weighted by atomic mass is 10.0. The topological polar surface area (TPSA) is 35.6 Å². The van der Waals surface area contributed by atoms with Crippen molar-refractivity contribution >= 4 is 11.6 Å². The van der Waals surface area contributed by atoms with Gasteiger partial charge in [0.2, 0.25) is 5.91 Å². The van der Waals surface area contributed by atoms with Crippen molar-refractivity contribution < 1.29 is 4.79 Å². The summed E-state index contributed by atoms with van der Waals surface area (Å²) in [5.41, 5.74) is 3.50. The summed E-state index contributed by atoms with van der Waals surface area (Å²) in [5, 5.41) is 3.39. The molecule has 4 heteroatoms. The molecule has 0 unspecified atom stereocenters. The standard InChI is InChI=1S/C17H25N3O/c1-13-9-14(2)11-16(10-13)20-8-7-19(12-17(20)21)15-3-5-18-6-4-15/h9-11,15,18H,3-8,12H2,1-2H3. The summed E-state index contributed by atoms with van der Waals surface area (Å²) >= 11 is 0. The van der Waals surface area contributed by atoms with Gasteiger partial charge in [-0.15, -0.1) is 0 Å². The Hall–Kier alpha value is -1.39. The van der Waals surface area contributed by atoms with Gasteiger partial charge in [0.1, 0.15) is 0 Å². The molecule has 2 saturated heterocycles. The summed E-state index contributed by atoms with van der Waals surface area (Å²) in [5.74, 6) is 0.241. The van der Waals surface area contributed by atoms with Gasteiger partial charge in [-0.1, -0.05) is 6.07 Å². The molecular formula is C17H25N3O. The van der Waals surface area contributed by atoms with Gasteiger partial charge < -0.3 is 10.2 Å². The summed E-state index contributed by atoms with van der Waals surface area (Å²) in [6.07, 6.45) is 2.33. The lowest BCUT2D eigenvalue weighted by molar-refractivity contribution is -0.122. The Balaban J connectivity index is 1.69. The van der Waals surface area contributed by atoms with Gasteiger partial charge in [-0.05, 0) is 63.0 Å². The van der Waals surface area contributed by atoms with Crippen molar-refractivity contribution in [3.8, 4) is 0 Å². The normalized spacial score (nSPS) is 21.8. The van der Waals surface area contributed by atoms with E-state index >= 15 is 0 Å². The highest BCUT2D eigenvalue weighted by Gasteiger charge is 2.30. The molecule has 1 N–H and O–H groups in total.